The summed E-state index contributed by atoms with van der Waals surface area (Å²) >= 11 is 7.67. The lowest BCUT2D eigenvalue weighted by atomic mass is 10.2. The van der Waals surface area contributed by atoms with Gasteiger partial charge in [0.1, 0.15) is 0 Å². The fourth-order valence-corrected chi connectivity index (χ4v) is 3.96. The molecule has 0 bridgehead atoms. The molecule has 0 saturated carbocycles. The van der Waals surface area contributed by atoms with Gasteiger partial charge in [0.25, 0.3) is 0 Å². The molecule has 4 nitrogen and oxygen atoms in total. The van der Waals surface area contributed by atoms with E-state index in [0.717, 1.165) is 12.2 Å². The number of sulfonamides is 1. The number of rotatable bonds is 7. The fourth-order valence-electron chi connectivity index (χ4n) is 1.74. The Balaban J connectivity index is 3.03. The van der Waals surface area contributed by atoms with Gasteiger partial charge in [0.15, 0.2) is 0 Å². The minimum absolute atomic E-state index is 0.0514. The van der Waals surface area contributed by atoms with Crippen molar-refractivity contribution in [2.24, 2.45) is 5.73 Å². The first kappa shape index (κ1) is 17.8. The summed E-state index contributed by atoms with van der Waals surface area (Å²) in [7, 11) is -1.90. The third kappa shape index (κ3) is 4.11. The molecule has 0 aromatic heterocycles. The lowest BCUT2D eigenvalue weighted by Crippen LogP contribution is -2.35. The Kier molecular flexibility index (Phi) is 6.81. The van der Waals surface area contributed by atoms with Crippen molar-refractivity contribution in [3.05, 3.63) is 28.8 Å². The molecule has 0 amide bonds. The van der Waals surface area contributed by atoms with Gasteiger partial charge in [-0.25, -0.2) is 8.42 Å². The SMILES string of the molecule is CSCCC(C)N(C)S(=O)(=O)c1ccc(Cl)c(CN)c1. The zero-order valence-corrected chi connectivity index (χ0v) is 14.4. The summed E-state index contributed by atoms with van der Waals surface area (Å²) in [6.45, 7) is 2.13. The first-order valence-corrected chi connectivity index (χ1v) is 9.51. The van der Waals surface area contributed by atoms with Crippen LogP contribution in [0.3, 0.4) is 0 Å². The maximum atomic E-state index is 12.6. The topological polar surface area (TPSA) is 63.4 Å². The summed E-state index contributed by atoms with van der Waals surface area (Å²) < 4.78 is 26.5. The quantitative estimate of drug-likeness (QED) is 0.831. The molecule has 1 aromatic rings. The second kappa shape index (κ2) is 7.66. The van der Waals surface area contributed by atoms with Gasteiger partial charge in [-0.1, -0.05) is 11.6 Å². The van der Waals surface area contributed by atoms with Crippen molar-refractivity contribution in [3.63, 3.8) is 0 Å². The summed E-state index contributed by atoms with van der Waals surface area (Å²) in [5, 5.41) is 0.490. The molecule has 0 radical (unpaired) electrons. The number of halogens is 1. The summed E-state index contributed by atoms with van der Waals surface area (Å²) in [6.07, 6.45) is 2.82. The Morgan fingerprint density at radius 2 is 2.10 bits per heavy atom. The van der Waals surface area contributed by atoms with Crippen LogP contribution in [0, 0.1) is 0 Å². The molecule has 20 heavy (non-hydrogen) atoms. The number of nitrogens with zero attached hydrogens (tertiary/aromatic N) is 1. The molecular formula is C13H21ClN2O2S2. The molecule has 1 aromatic carbocycles. The van der Waals surface area contributed by atoms with E-state index >= 15 is 0 Å². The second-order valence-corrected chi connectivity index (χ2v) is 8.00. The Labute approximate surface area is 130 Å². The molecule has 0 spiro atoms. The van der Waals surface area contributed by atoms with E-state index in [0.29, 0.717) is 10.6 Å². The zero-order valence-electron chi connectivity index (χ0n) is 12.0. The highest BCUT2D eigenvalue weighted by Crippen LogP contribution is 2.23. The van der Waals surface area contributed by atoms with Crippen molar-refractivity contribution in [1.29, 1.82) is 0 Å². The summed E-state index contributed by atoms with van der Waals surface area (Å²) in [6, 6.07) is 4.60. The van der Waals surface area contributed by atoms with Crippen molar-refractivity contribution in [2.45, 2.75) is 30.8 Å². The first-order valence-electron chi connectivity index (χ1n) is 6.30. The number of hydrogen-bond donors (Lipinski definition) is 1. The van der Waals surface area contributed by atoms with Crippen LogP contribution in [0.5, 0.6) is 0 Å². The van der Waals surface area contributed by atoms with Crippen LogP contribution in [0.4, 0.5) is 0 Å². The summed E-state index contributed by atoms with van der Waals surface area (Å²) in [5.41, 5.74) is 6.21. The third-order valence-electron chi connectivity index (χ3n) is 3.27. The van der Waals surface area contributed by atoms with Crippen LogP contribution in [-0.2, 0) is 16.6 Å². The van der Waals surface area contributed by atoms with Gasteiger partial charge in [0, 0.05) is 24.7 Å². The van der Waals surface area contributed by atoms with Crippen molar-refractivity contribution < 1.29 is 8.42 Å². The van der Waals surface area contributed by atoms with E-state index in [1.165, 1.54) is 10.4 Å². The molecule has 0 heterocycles. The van der Waals surface area contributed by atoms with Gasteiger partial charge in [-0.3, -0.25) is 0 Å². The van der Waals surface area contributed by atoms with E-state index in [4.69, 9.17) is 17.3 Å². The van der Waals surface area contributed by atoms with E-state index in [-0.39, 0.29) is 17.5 Å². The zero-order chi connectivity index (χ0) is 15.3. The molecule has 0 saturated heterocycles. The molecule has 0 aliphatic rings. The van der Waals surface area contributed by atoms with Crippen molar-refractivity contribution in [3.8, 4) is 0 Å². The normalized spacial score (nSPS) is 13.7. The monoisotopic (exact) mass is 336 g/mol. The van der Waals surface area contributed by atoms with E-state index in [1.54, 1.807) is 30.9 Å². The largest absolute Gasteiger partial charge is 0.326 e. The molecule has 1 rings (SSSR count). The predicted molar refractivity (Wildman–Crippen MR) is 86.8 cm³/mol. The highest BCUT2D eigenvalue weighted by molar-refractivity contribution is 7.98. The van der Waals surface area contributed by atoms with E-state index in [9.17, 15) is 8.42 Å². The average molecular weight is 337 g/mol. The summed E-state index contributed by atoms with van der Waals surface area (Å²) in [5.74, 6) is 0.926. The van der Waals surface area contributed by atoms with Crippen LogP contribution in [0.1, 0.15) is 18.9 Å². The van der Waals surface area contributed by atoms with Gasteiger partial charge in [-0.05, 0) is 49.1 Å². The number of hydrogen-bond acceptors (Lipinski definition) is 4. The van der Waals surface area contributed by atoms with Crippen LogP contribution in [0.25, 0.3) is 0 Å². The highest BCUT2D eigenvalue weighted by atomic mass is 35.5. The molecule has 1 unspecified atom stereocenters. The van der Waals surface area contributed by atoms with Crippen molar-refractivity contribution in [1.82, 2.24) is 4.31 Å². The van der Waals surface area contributed by atoms with Gasteiger partial charge in [0.05, 0.1) is 4.90 Å². The third-order valence-corrected chi connectivity index (χ3v) is 6.26. The van der Waals surface area contributed by atoms with E-state index in [1.807, 2.05) is 13.2 Å². The Bertz CT molecular complexity index is 549. The molecule has 2 N–H and O–H groups in total. The molecule has 114 valence electrons. The van der Waals surface area contributed by atoms with Crippen molar-refractivity contribution in [2.75, 3.05) is 19.1 Å². The van der Waals surface area contributed by atoms with E-state index < -0.39 is 10.0 Å². The number of thioether (sulfide) groups is 1. The number of nitrogens with two attached hydrogens (primary N) is 1. The molecule has 1 atom stereocenters. The van der Waals surface area contributed by atoms with Crippen molar-refractivity contribution >= 4 is 33.4 Å². The Morgan fingerprint density at radius 1 is 1.45 bits per heavy atom. The Morgan fingerprint density at radius 3 is 2.65 bits per heavy atom. The molecule has 7 heteroatoms. The lowest BCUT2D eigenvalue weighted by molar-refractivity contribution is 0.382. The number of benzene rings is 1. The highest BCUT2D eigenvalue weighted by Gasteiger charge is 2.25. The molecule has 0 aliphatic heterocycles. The van der Waals surface area contributed by atoms with Gasteiger partial charge < -0.3 is 5.73 Å². The minimum Gasteiger partial charge on any atom is -0.326 e. The van der Waals surface area contributed by atoms with E-state index in [2.05, 4.69) is 0 Å². The van der Waals surface area contributed by atoms with Gasteiger partial charge >= 0.3 is 0 Å². The summed E-state index contributed by atoms with van der Waals surface area (Å²) in [4.78, 5) is 0.237. The van der Waals surface area contributed by atoms with Crippen LogP contribution in [0.2, 0.25) is 5.02 Å². The van der Waals surface area contributed by atoms with Gasteiger partial charge in [-0.2, -0.15) is 16.1 Å². The molecule has 0 aliphatic carbocycles. The first-order chi connectivity index (χ1) is 9.34. The van der Waals surface area contributed by atoms with Crippen LogP contribution >= 0.6 is 23.4 Å². The fraction of sp³-hybridized carbons (Fsp3) is 0.538. The predicted octanol–water partition coefficient (Wildman–Crippen LogP) is 2.56. The maximum absolute atomic E-state index is 12.6. The molecule has 0 fully saturated rings. The molecular weight excluding hydrogens is 316 g/mol. The lowest BCUT2D eigenvalue weighted by Gasteiger charge is -2.24. The smallest absolute Gasteiger partial charge is 0.243 e. The standard InChI is InChI=1S/C13H21ClN2O2S2/c1-10(6-7-19-3)16(2)20(17,18)12-4-5-13(14)11(8-12)9-15/h4-5,8,10H,6-7,9,15H2,1-3H3. The maximum Gasteiger partial charge on any atom is 0.243 e. The minimum atomic E-state index is -3.51. The van der Waals surface area contributed by atoms with Gasteiger partial charge in [0.2, 0.25) is 10.0 Å². The van der Waals surface area contributed by atoms with Crippen LogP contribution < -0.4 is 5.73 Å². The second-order valence-electron chi connectivity index (χ2n) is 4.61. The van der Waals surface area contributed by atoms with Crippen LogP contribution in [-0.4, -0.2) is 37.8 Å². The van der Waals surface area contributed by atoms with Crippen LogP contribution in [0.15, 0.2) is 23.1 Å². The average Bonchev–Trinajstić information content (AvgIpc) is 2.44. The van der Waals surface area contributed by atoms with Gasteiger partial charge in [-0.15, -0.1) is 0 Å². The Hall–Kier alpha value is -0.270.